The van der Waals surface area contributed by atoms with Crippen molar-refractivity contribution >= 4 is 39.8 Å². The number of allylic oxidation sites excluding steroid dienone is 1. The van der Waals surface area contributed by atoms with Crippen LogP contribution in [-0.2, 0) is 4.79 Å². The maximum absolute atomic E-state index is 12.2. The second kappa shape index (κ2) is 8.62. The number of aliphatic carboxylic acids is 1. The van der Waals surface area contributed by atoms with E-state index in [0.717, 1.165) is 34.1 Å². The zero-order valence-electron chi connectivity index (χ0n) is 15.5. The lowest BCUT2D eigenvalue weighted by Crippen LogP contribution is -2.03. The van der Waals surface area contributed by atoms with Crippen LogP contribution in [0.25, 0.3) is 28.0 Å². The molecule has 3 rings (SSSR count). The van der Waals surface area contributed by atoms with E-state index in [1.54, 1.807) is 6.07 Å². The molecule has 0 spiro atoms. The van der Waals surface area contributed by atoms with E-state index in [2.05, 4.69) is 23.0 Å². The van der Waals surface area contributed by atoms with Crippen molar-refractivity contribution < 1.29 is 14.7 Å². The van der Waals surface area contributed by atoms with Crippen LogP contribution in [-0.4, -0.2) is 26.8 Å². The molecule has 5 heteroatoms. The number of ketones is 1. The van der Waals surface area contributed by atoms with Crippen molar-refractivity contribution in [3.8, 4) is 0 Å². The molecule has 2 heterocycles. The summed E-state index contributed by atoms with van der Waals surface area (Å²) in [7, 11) is 0. The summed E-state index contributed by atoms with van der Waals surface area (Å²) in [4.78, 5) is 30.8. The number of aromatic amines is 1. The van der Waals surface area contributed by atoms with Gasteiger partial charge in [0.1, 0.15) is 5.65 Å². The number of hydrogen-bond acceptors (Lipinski definition) is 3. The first-order valence-corrected chi connectivity index (χ1v) is 9.42. The second-order valence-electron chi connectivity index (χ2n) is 6.73. The molecule has 0 amide bonds. The first kappa shape index (κ1) is 18.8. The molecule has 0 saturated carbocycles. The Kier molecular flexibility index (Phi) is 6.01. The van der Waals surface area contributed by atoms with Crippen LogP contribution in [0.5, 0.6) is 0 Å². The lowest BCUT2D eigenvalue weighted by atomic mass is 10.0. The van der Waals surface area contributed by atoms with E-state index < -0.39 is 5.97 Å². The highest BCUT2D eigenvalue weighted by atomic mass is 16.4. The van der Waals surface area contributed by atoms with Crippen molar-refractivity contribution in [2.75, 3.05) is 0 Å². The minimum atomic E-state index is -0.962. The first-order chi connectivity index (χ1) is 13.1. The first-order valence-electron chi connectivity index (χ1n) is 9.42. The molecular weight excluding hydrogens is 340 g/mol. The third-order valence-electron chi connectivity index (χ3n) is 4.63. The van der Waals surface area contributed by atoms with Crippen LogP contribution in [0, 0.1) is 0 Å². The fraction of sp³-hybridized carbons (Fsp3) is 0.318. The summed E-state index contributed by atoms with van der Waals surface area (Å²) in [6.07, 6.45) is 8.77. The van der Waals surface area contributed by atoms with Gasteiger partial charge in [-0.25, -0.2) is 4.98 Å². The number of nitrogens with zero attached hydrogens (tertiary/aromatic N) is 1. The van der Waals surface area contributed by atoms with Crippen LogP contribution in [0.4, 0.5) is 0 Å². The monoisotopic (exact) mass is 364 g/mol. The Balaban J connectivity index is 1.83. The van der Waals surface area contributed by atoms with E-state index >= 15 is 0 Å². The lowest BCUT2D eigenvalue weighted by Gasteiger charge is -2.00. The van der Waals surface area contributed by atoms with Crippen molar-refractivity contribution in [1.82, 2.24) is 9.97 Å². The SMILES string of the molecule is CCCCC/C=C/c1ccc2c(n1)[nH]c1ccc(C(=O)CCC(=O)O)cc12. The highest BCUT2D eigenvalue weighted by Crippen LogP contribution is 2.26. The number of nitrogens with one attached hydrogen (secondary N) is 1. The average molecular weight is 364 g/mol. The maximum atomic E-state index is 12.2. The minimum Gasteiger partial charge on any atom is -0.481 e. The molecule has 0 bridgehead atoms. The van der Waals surface area contributed by atoms with Crippen LogP contribution in [0.2, 0.25) is 0 Å². The summed E-state index contributed by atoms with van der Waals surface area (Å²) in [5, 5.41) is 10.6. The van der Waals surface area contributed by atoms with Gasteiger partial charge in [0.2, 0.25) is 0 Å². The summed E-state index contributed by atoms with van der Waals surface area (Å²) in [6.45, 7) is 2.19. The van der Waals surface area contributed by atoms with E-state index in [-0.39, 0.29) is 18.6 Å². The smallest absolute Gasteiger partial charge is 0.303 e. The van der Waals surface area contributed by atoms with E-state index in [1.807, 2.05) is 30.3 Å². The van der Waals surface area contributed by atoms with Crippen molar-refractivity contribution in [1.29, 1.82) is 0 Å². The number of carboxylic acids is 1. The summed E-state index contributed by atoms with van der Waals surface area (Å²) in [5.41, 5.74) is 3.14. The van der Waals surface area contributed by atoms with Crippen molar-refractivity contribution in [3.63, 3.8) is 0 Å². The van der Waals surface area contributed by atoms with E-state index in [1.165, 1.54) is 19.3 Å². The van der Waals surface area contributed by atoms with Gasteiger partial charge in [-0.05, 0) is 49.2 Å². The molecule has 0 aliphatic heterocycles. The predicted molar refractivity (Wildman–Crippen MR) is 108 cm³/mol. The molecule has 2 aromatic heterocycles. The quantitative estimate of drug-likeness (QED) is 0.396. The number of pyridine rings is 1. The molecule has 5 nitrogen and oxygen atoms in total. The van der Waals surface area contributed by atoms with Gasteiger partial charge in [-0.3, -0.25) is 9.59 Å². The summed E-state index contributed by atoms with van der Waals surface area (Å²) in [6, 6.07) is 9.39. The number of H-pyrrole nitrogens is 1. The molecule has 0 aliphatic rings. The third kappa shape index (κ3) is 4.61. The lowest BCUT2D eigenvalue weighted by molar-refractivity contribution is -0.136. The van der Waals surface area contributed by atoms with Crippen LogP contribution in [0.1, 0.15) is 61.5 Å². The van der Waals surface area contributed by atoms with Gasteiger partial charge in [0, 0.05) is 28.3 Å². The molecule has 1 aromatic carbocycles. The molecule has 3 aromatic rings. The largest absolute Gasteiger partial charge is 0.481 e. The zero-order chi connectivity index (χ0) is 19.2. The van der Waals surface area contributed by atoms with Crippen molar-refractivity contribution in [2.24, 2.45) is 0 Å². The number of aromatic nitrogens is 2. The highest BCUT2D eigenvalue weighted by molar-refractivity contribution is 6.09. The molecule has 0 radical (unpaired) electrons. The summed E-state index contributed by atoms with van der Waals surface area (Å²) in [5.74, 6) is -1.12. The Morgan fingerprint density at radius 3 is 2.74 bits per heavy atom. The highest BCUT2D eigenvalue weighted by Gasteiger charge is 2.12. The van der Waals surface area contributed by atoms with Gasteiger partial charge in [0.25, 0.3) is 0 Å². The summed E-state index contributed by atoms with van der Waals surface area (Å²) >= 11 is 0. The second-order valence-corrected chi connectivity index (χ2v) is 6.73. The Labute approximate surface area is 158 Å². The Morgan fingerprint density at radius 1 is 1.11 bits per heavy atom. The molecule has 2 N–H and O–H groups in total. The fourth-order valence-electron chi connectivity index (χ4n) is 3.14. The Hall–Kier alpha value is -2.95. The number of hydrogen-bond donors (Lipinski definition) is 2. The van der Waals surface area contributed by atoms with Crippen LogP contribution < -0.4 is 0 Å². The van der Waals surface area contributed by atoms with Gasteiger partial charge in [0.15, 0.2) is 5.78 Å². The average Bonchev–Trinajstić information content (AvgIpc) is 3.02. The molecule has 0 fully saturated rings. The van der Waals surface area contributed by atoms with Gasteiger partial charge in [-0.1, -0.05) is 25.8 Å². The van der Waals surface area contributed by atoms with Gasteiger partial charge in [-0.2, -0.15) is 0 Å². The number of benzene rings is 1. The maximum Gasteiger partial charge on any atom is 0.303 e. The number of carbonyl (C=O) groups is 2. The van der Waals surface area contributed by atoms with Gasteiger partial charge in [0.05, 0.1) is 12.1 Å². The van der Waals surface area contributed by atoms with Gasteiger partial charge < -0.3 is 10.1 Å². The van der Waals surface area contributed by atoms with Crippen LogP contribution in [0.15, 0.2) is 36.4 Å². The molecule has 0 aliphatic carbocycles. The van der Waals surface area contributed by atoms with Crippen LogP contribution in [0.3, 0.4) is 0 Å². The molecule has 140 valence electrons. The standard InChI is InChI=1S/C22H24N2O3/c1-2-3-4-5-6-7-16-9-10-17-18-14-15(20(25)12-13-21(26)27)8-11-19(18)24-22(17)23-16/h6-11,14H,2-5,12-13H2,1H3,(H,23,24)(H,26,27)/b7-6+. The number of unbranched alkanes of at least 4 members (excludes halogenated alkanes) is 3. The number of rotatable bonds is 9. The van der Waals surface area contributed by atoms with Crippen molar-refractivity contribution in [3.05, 3.63) is 47.7 Å². The molecule has 0 unspecified atom stereocenters. The minimum absolute atomic E-state index is 0.00835. The molecular formula is C22H24N2O3. The van der Waals surface area contributed by atoms with E-state index in [9.17, 15) is 9.59 Å². The van der Waals surface area contributed by atoms with Crippen molar-refractivity contribution in [2.45, 2.75) is 45.4 Å². The number of carbonyl (C=O) groups excluding carboxylic acids is 1. The Morgan fingerprint density at radius 2 is 1.96 bits per heavy atom. The van der Waals surface area contributed by atoms with Gasteiger partial charge >= 0.3 is 5.97 Å². The predicted octanol–water partition coefficient (Wildman–Crippen LogP) is 5.36. The van der Waals surface area contributed by atoms with Gasteiger partial charge in [-0.15, -0.1) is 0 Å². The Bertz CT molecular complexity index is 1000. The third-order valence-corrected chi connectivity index (χ3v) is 4.63. The zero-order valence-corrected chi connectivity index (χ0v) is 15.5. The van der Waals surface area contributed by atoms with E-state index in [0.29, 0.717) is 5.56 Å². The number of fused-ring (bicyclic) bond motifs is 3. The topological polar surface area (TPSA) is 83.0 Å². The normalized spacial score (nSPS) is 11.6. The molecule has 0 atom stereocenters. The number of carboxylic acid groups (broad SMARTS) is 1. The van der Waals surface area contributed by atoms with E-state index in [4.69, 9.17) is 5.11 Å². The van der Waals surface area contributed by atoms with Crippen LogP contribution >= 0.6 is 0 Å². The molecule has 27 heavy (non-hydrogen) atoms. The number of Topliss-reactive ketones (excluding diaryl/α,β-unsaturated/α-hetero) is 1. The fourth-order valence-corrected chi connectivity index (χ4v) is 3.14. The molecule has 0 saturated heterocycles. The summed E-state index contributed by atoms with van der Waals surface area (Å²) < 4.78 is 0.